The first-order chi connectivity index (χ1) is 8.65. The van der Waals surface area contributed by atoms with Gasteiger partial charge in [-0.2, -0.15) is 0 Å². The van der Waals surface area contributed by atoms with E-state index >= 15 is 0 Å². The molecule has 1 aliphatic rings. The van der Waals surface area contributed by atoms with Gasteiger partial charge >= 0.3 is 0 Å². The fourth-order valence-corrected chi connectivity index (χ4v) is 2.91. The van der Waals surface area contributed by atoms with Crippen molar-refractivity contribution in [3.05, 3.63) is 29.8 Å². The molecule has 0 spiro atoms. The molecule has 18 heavy (non-hydrogen) atoms. The zero-order valence-electron chi connectivity index (χ0n) is 10.9. The molecule has 3 rings (SSSR count). The van der Waals surface area contributed by atoms with Crippen LogP contribution in [0.2, 0.25) is 0 Å². The van der Waals surface area contributed by atoms with Gasteiger partial charge in [0.1, 0.15) is 11.6 Å². The minimum atomic E-state index is -0.212. The van der Waals surface area contributed by atoms with Crippen LogP contribution in [-0.4, -0.2) is 34.6 Å². The summed E-state index contributed by atoms with van der Waals surface area (Å²) in [5.41, 5.74) is 1.83. The molecule has 0 bridgehead atoms. The second-order valence-electron chi connectivity index (χ2n) is 5.20. The summed E-state index contributed by atoms with van der Waals surface area (Å²) in [7, 11) is 2.16. The van der Waals surface area contributed by atoms with Crippen molar-refractivity contribution in [1.29, 1.82) is 0 Å². The Bertz CT molecular complexity index is 568. The molecule has 96 valence electrons. The average Bonchev–Trinajstić information content (AvgIpc) is 2.65. The third-order valence-electron chi connectivity index (χ3n) is 3.88. The molecule has 1 aromatic carbocycles. The number of likely N-dealkylation sites (tertiary alicyclic amines) is 1. The van der Waals surface area contributed by atoms with Gasteiger partial charge in [-0.05, 0) is 52.0 Å². The van der Waals surface area contributed by atoms with E-state index in [1.807, 2.05) is 13.0 Å². The Kier molecular flexibility index (Phi) is 2.82. The quantitative estimate of drug-likeness (QED) is 0.772. The lowest BCUT2D eigenvalue weighted by Gasteiger charge is -2.30. The molecule has 2 aromatic rings. The third-order valence-corrected chi connectivity index (χ3v) is 3.88. The van der Waals surface area contributed by atoms with Crippen molar-refractivity contribution >= 4 is 11.0 Å². The van der Waals surface area contributed by atoms with Crippen LogP contribution in [0.1, 0.15) is 24.7 Å². The first-order valence-corrected chi connectivity index (χ1v) is 6.48. The molecule has 0 radical (unpaired) electrons. The highest BCUT2D eigenvalue weighted by atomic mass is 19.1. The number of imidazole rings is 1. The largest absolute Gasteiger partial charge is 0.325 e. The Morgan fingerprint density at radius 3 is 2.72 bits per heavy atom. The van der Waals surface area contributed by atoms with Gasteiger partial charge < -0.3 is 9.47 Å². The van der Waals surface area contributed by atoms with Crippen LogP contribution in [0.3, 0.4) is 0 Å². The van der Waals surface area contributed by atoms with Gasteiger partial charge in [0.2, 0.25) is 0 Å². The van der Waals surface area contributed by atoms with Crippen molar-refractivity contribution in [3.63, 3.8) is 0 Å². The van der Waals surface area contributed by atoms with Gasteiger partial charge in [-0.3, -0.25) is 0 Å². The number of hydrogen-bond acceptors (Lipinski definition) is 2. The van der Waals surface area contributed by atoms with Crippen LogP contribution in [-0.2, 0) is 0 Å². The van der Waals surface area contributed by atoms with E-state index in [4.69, 9.17) is 0 Å². The second-order valence-corrected chi connectivity index (χ2v) is 5.20. The van der Waals surface area contributed by atoms with Crippen LogP contribution in [0.25, 0.3) is 11.0 Å². The lowest BCUT2D eigenvalue weighted by molar-refractivity contribution is 0.222. The molecule has 1 aromatic heterocycles. The molecule has 1 saturated heterocycles. The Balaban J connectivity index is 2.03. The van der Waals surface area contributed by atoms with E-state index in [1.165, 1.54) is 12.1 Å². The zero-order chi connectivity index (χ0) is 12.7. The summed E-state index contributed by atoms with van der Waals surface area (Å²) in [6, 6.07) is 5.39. The molecule has 3 nitrogen and oxygen atoms in total. The normalized spacial score (nSPS) is 18.6. The highest BCUT2D eigenvalue weighted by Gasteiger charge is 2.21. The van der Waals surface area contributed by atoms with Gasteiger partial charge in [0.15, 0.2) is 0 Å². The highest BCUT2D eigenvalue weighted by Crippen LogP contribution is 2.28. The first-order valence-electron chi connectivity index (χ1n) is 6.48. The molecular formula is C14H18FN3. The maximum absolute atomic E-state index is 13.2. The van der Waals surface area contributed by atoms with Gasteiger partial charge in [-0.1, -0.05) is 0 Å². The Labute approximate surface area is 106 Å². The summed E-state index contributed by atoms with van der Waals surface area (Å²) in [5, 5.41) is 0. The van der Waals surface area contributed by atoms with Crippen molar-refractivity contribution < 1.29 is 4.39 Å². The summed E-state index contributed by atoms with van der Waals surface area (Å²) in [5.74, 6) is 0.778. The van der Waals surface area contributed by atoms with Crippen molar-refractivity contribution in [2.75, 3.05) is 20.1 Å². The number of nitrogens with zero attached hydrogens (tertiary/aromatic N) is 3. The van der Waals surface area contributed by atoms with E-state index in [0.29, 0.717) is 6.04 Å². The SMILES string of the molecule is Cc1nc2cc(F)ccc2n1C1CCN(C)CC1. The molecule has 1 fully saturated rings. The molecule has 0 saturated carbocycles. The van der Waals surface area contributed by atoms with Gasteiger partial charge in [0.05, 0.1) is 11.0 Å². The minimum absolute atomic E-state index is 0.212. The van der Waals surface area contributed by atoms with Crippen LogP contribution < -0.4 is 0 Å². The molecule has 0 aliphatic carbocycles. The van der Waals surface area contributed by atoms with Gasteiger partial charge in [0, 0.05) is 12.1 Å². The van der Waals surface area contributed by atoms with E-state index in [9.17, 15) is 4.39 Å². The topological polar surface area (TPSA) is 21.1 Å². The molecule has 2 heterocycles. The zero-order valence-corrected chi connectivity index (χ0v) is 10.9. The van der Waals surface area contributed by atoms with Crippen LogP contribution in [0.5, 0.6) is 0 Å². The number of hydrogen-bond donors (Lipinski definition) is 0. The van der Waals surface area contributed by atoms with Gasteiger partial charge in [-0.15, -0.1) is 0 Å². The fraction of sp³-hybridized carbons (Fsp3) is 0.500. The Morgan fingerprint density at radius 1 is 1.28 bits per heavy atom. The number of benzene rings is 1. The molecule has 1 aliphatic heterocycles. The molecular weight excluding hydrogens is 229 g/mol. The lowest BCUT2D eigenvalue weighted by Crippen LogP contribution is -2.31. The minimum Gasteiger partial charge on any atom is -0.325 e. The summed E-state index contributed by atoms with van der Waals surface area (Å²) in [6.07, 6.45) is 2.28. The van der Waals surface area contributed by atoms with Gasteiger partial charge in [0.25, 0.3) is 0 Å². The van der Waals surface area contributed by atoms with Crippen LogP contribution in [0, 0.1) is 12.7 Å². The maximum atomic E-state index is 13.2. The monoisotopic (exact) mass is 247 g/mol. The summed E-state index contributed by atoms with van der Waals surface area (Å²) in [6.45, 7) is 4.24. The highest BCUT2D eigenvalue weighted by molar-refractivity contribution is 5.76. The van der Waals surface area contributed by atoms with Crippen molar-refractivity contribution in [2.24, 2.45) is 0 Å². The summed E-state index contributed by atoms with van der Waals surface area (Å²) < 4.78 is 15.5. The van der Waals surface area contributed by atoms with E-state index in [-0.39, 0.29) is 5.82 Å². The molecule has 0 atom stereocenters. The number of rotatable bonds is 1. The Morgan fingerprint density at radius 2 is 2.00 bits per heavy atom. The smallest absolute Gasteiger partial charge is 0.125 e. The van der Waals surface area contributed by atoms with E-state index in [2.05, 4.69) is 21.5 Å². The lowest BCUT2D eigenvalue weighted by atomic mass is 10.0. The molecule has 0 unspecified atom stereocenters. The Hall–Kier alpha value is -1.42. The number of fused-ring (bicyclic) bond motifs is 1. The molecule has 4 heteroatoms. The third kappa shape index (κ3) is 1.90. The number of piperidine rings is 1. The van der Waals surface area contributed by atoms with E-state index in [0.717, 1.165) is 42.8 Å². The number of aryl methyl sites for hydroxylation is 1. The van der Waals surface area contributed by atoms with Crippen molar-refractivity contribution in [1.82, 2.24) is 14.5 Å². The predicted octanol–water partition coefficient (Wildman–Crippen LogP) is 2.75. The summed E-state index contributed by atoms with van der Waals surface area (Å²) in [4.78, 5) is 6.83. The summed E-state index contributed by atoms with van der Waals surface area (Å²) >= 11 is 0. The maximum Gasteiger partial charge on any atom is 0.125 e. The number of halogens is 1. The van der Waals surface area contributed by atoms with E-state index in [1.54, 1.807) is 0 Å². The van der Waals surface area contributed by atoms with Crippen LogP contribution >= 0.6 is 0 Å². The van der Waals surface area contributed by atoms with Crippen LogP contribution in [0.15, 0.2) is 18.2 Å². The molecule has 0 N–H and O–H groups in total. The van der Waals surface area contributed by atoms with Crippen LogP contribution in [0.4, 0.5) is 4.39 Å². The number of aromatic nitrogens is 2. The van der Waals surface area contributed by atoms with Crippen molar-refractivity contribution in [2.45, 2.75) is 25.8 Å². The van der Waals surface area contributed by atoms with Gasteiger partial charge in [-0.25, -0.2) is 9.37 Å². The molecule has 0 amide bonds. The second kappa shape index (κ2) is 4.35. The van der Waals surface area contributed by atoms with E-state index < -0.39 is 0 Å². The fourth-order valence-electron chi connectivity index (χ4n) is 2.91. The van der Waals surface area contributed by atoms with Crippen molar-refractivity contribution in [3.8, 4) is 0 Å². The first kappa shape index (κ1) is 11.7. The average molecular weight is 247 g/mol. The predicted molar refractivity (Wildman–Crippen MR) is 70.2 cm³/mol. The standard InChI is InChI=1S/C14H18FN3/c1-10-16-13-9-11(15)3-4-14(13)18(10)12-5-7-17(2)8-6-12/h3-4,9,12H,5-8H2,1-2H3.